The summed E-state index contributed by atoms with van der Waals surface area (Å²) in [5.74, 6) is 0. The molecule has 86 valence electrons. The predicted molar refractivity (Wildman–Crippen MR) is 58.8 cm³/mol. The van der Waals surface area contributed by atoms with E-state index in [-0.39, 0.29) is 16.2 Å². The van der Waals surface area contributed by atoms with Crippen LogP contribution in [0.5, 0.6) is 0 Å². The average Bonchev–Trinajstić information content (AvgIpc) is 2.25. The highest BCUT2D eigenvalue weighted by Crippen LogP contribution is 1.98. The number of carbonyl (C=O) groups excluding carboxylic acids is 2. The van der Waals surface area contributed by atoms with Crippen LogP contribution < -0.4 is 0 Å². The van der Waals surface area contributed by atoms with Gasteiger partial charge in [0.15, 0.2) is 12.6 Å². The van der Waals surface area contributed by atoms with Gasteiger partial charge >= 0.3 is 0 Å². The second-order valence-corrected chi connectivity index (χ2v) is 3.31. The quantitative estimate of drug-likeness (QED) is 0.476. The Kier molecular flexibility index (Phi) is 12.1. The van der Waals surface area contributed by atoms with E-state index in [1.54, 1.807) is 0 Å². The summed E-state index contributed by atoms with van der Waals surface area (Å²) in [4.78, 5) is 19.2. The molecule has 0 fully saturated rings. The summed E-state index contributed by atoms with van der Waals surface area (Å²) in [6.07, 6.45) is 2.72. The molecule has 4 nitrogen and oxygen atoms in total. The van der Waals surface area contributed by atoms with Gasteiger partial charge in [-0.3, -0.25) is 9.59 Å². The molecule has 0 amide bonds. The SMILES string of the molecule is CC(C)O/C=C(/Cl)C=O.O=C/C(Cl)=C\O. The topological polar surface area (TPSA) is 63.6 Å². The Morgan fingerprint density at radius 2 is 1.67 bits per heavy atom. The van der Waals surface area contributed by atoms with E-state index in [0.29, 0.717) is 18.8 Å². The molecule has 15 heavy (non-hydrogen) atoms. The van der Waals surface area contributed by atoms with Crippen molar-refractivity contribution in [1.82, 2.24) is 0 Å². The number of ether oxygens (including phenoxy) is 1. The summed E-state index contributed by atoms with van der Waals surface area (Å²) in [6, 6.07) is 0. The van der Waals surface area contributed by atoms with E-state index in [2.05, 4.69) is 0 Å². The maximum Gasteiger partial charge on any atom is 0.164 e. The van der Waals surface area contributed by atoms with Crippen molar-refractivity contribution in [2.45, 2.75) is 20.0 Å². The summed E-state index contributed by atoms with van der Waals surface area (Å²) >= 11 is 10.2. The van der Waals surface area contributed by atoms with Crippen molar-refractivity contribution < 1.29 is 19.4 Å². The van der Waals surface area contributed by atoms with Crippen LogP contribution in [0.15, 0.2) is 22.6 Å². The predicted octanol–water partition coefficient (Wildman–Crippen LogP) is 2.51. The molecule has 0 aromatic rings. The molecule has 0 aliphatic carbocycles. The molecule has 0 aromatic carbocycles. The van der Waals surface area contributed by atoms with Gasteiger partial charge in [-0.05, 0) is 13.8 Å². The molecule has 0 aromatic heterocycles. The lowest BCUT2D eigenvalue weighted by molar-refractivity contribution is -0.105. The van der Waals surface area contributed by atoms with Gasteiger partial charge in [-0.25, -0.2) is 0 Å². The van der Waals surface area contributed by atoms with Crippen LogP contribution in [-0.4, -0.2) is 23.8 Å². The van der Waals surface area contributed by atoms with E-state index in [0.717, 1.165) is 0 Å². The third kappa shape index (κ3) is 15.7. The normalized spacial score (nSPS) is 11.5. The van der Waals surface area contributed by atoms with E-state index in [4.69, 9.17) is 33.0 Å². The van der Waals surface area contributed by atoms with E-state index < -0.39 is 0 Å². The zero-order valence-corrected chi connectivity index (χ0v) is 9.83. The summed E-state index contributed by atoms with van der Waals surface area (Å²) in [6.45, 7) is 3.71. The second-order valence-electron chi connectivity index (χ2n) is 2.44. The fraction of sp³-hybridized carbons (Fsp3) is 0.333. The minimum Gasteiger partial charge on any atom is -0.514 e. The summed E-state index contributed by atoms with van der Waals surface area (Å²) in [7, 11) is 0. The standard InChI is InChI=1S/C6H9ClO2.C3H3ClO2/c1-5(2)9-4-6(7)3-8;4-3(1-5)2-6/h3-5H,1-2H3;1-2,5H/b6-4+;3-1+. The number of hydrogen-bond acceptors (Lipinski definition) is 4. The van der Waals surface area contributed by atoms with Crippen molar-refractivity contribution in [3.8, 4) is 0 Å². The highest BCUT2D eigenvalue weighted by Gasteiger charge is 1.89. The Morgan fingerprint density at radius 1 is 1.20 bits per heavy atom. The Balaban J connectivity index is 0. The van der Waals surface area contributed by atoms with Gasteiger partial charge in [-0.1, -0.05) is 23.2 Å². The number of aliphatic hydroxyl groups is 1. The minimum absolute atomic E-state index is 0.0682. The molecule has 0 bridgehead atoms. The lowest BCUT2D eigenvalue weighted by Crippen LogP contribution is -1.95. The van der Waals surface area contributed by atoms with Crippen LogP contribution in [0.4, 0.5) is 0 Å². The number of rotatable bonds is 4. The minimum atomic E-state index is -0.185. The lowest BCUT2D eigenvalue weighted by atomic mass is 10.5. The van der Waals surface area contributed by atoms with Crippen LogP contribution in [0.1, 0.15) is 13.8 Å². The number of carbonyl (C=O) groups is 2. The van der Waals surface area contributed by atoms with E-state index in [1.165, 1.54) is 6.26 Å². The van der Waals surface area contributed by atoms with Gasteiger partial charge in [0.25, 0.3) is 0 Å². The molecule has 0 saturated heterocycles. The van der Waals surface area contributed by atoms with Gasteiger partial charge in [0.2, 0.25) is 0 Å². The van der Waals surface area contributed by atoms with Crippen molar-refractivity contribution in [1.29, 1.82) is 0 Å². The summed E-state index contributed by atoms with van der Waals surface area (Å²) < 4.78 is 4.87. The smallest absolute Gasteiger partial charge is 0.164 e. The highest BCUT2D eigenvalue weighted by molar-refractivity contribution is 6.38. The van der Waals surface area contributed by atoms with Gasteiger partial charge in [0, 0.05) is 0 Å². The van der Waals surface area contributed by atoms with Crippen molar-refractivity contribution in [3.05, 3.63) is 22.6 Å². The second kappa shape index (κ2) is 11.1. The summed E-state index contributed by atoms with van der Waals surface area (Å²) in [5, 5.41) is 7.71. The Bertz CT molecular complexity index is 246. The maximum absolute atomic E-state index is 9.84. The Hall–Kier alpha value is -1.00. The third-order valence-corrected chi connectivity index (χ3v) is 1.17. The molecule has 0 radical (unpaired) electrons. The van der Waals surface area contributed by atoms with Crippen molar-refractivity contribution in [2.24, 2.45) is 0 Å². The average molecular weight is 255 g/mol. The van der Waals surface area contributed by atoms with Crippen LogP contribution in [0, 0.1) is 0 Å². The summed E-state index contributed by atoms with van der Waals surface area (Å²) in [5.41, 5.74) is 0. The van der Waals surface area contributed by atoms with E-state index in [9.17, 15) is 9.59 Å². The van der Waals surface area contributed by atoms with E-state index >= 15 is 0 Å². The molecule has 0 unspecified atom stereocenters. The fourth-order valence-corrected chi connectivity index (χ4v) is 0.311. The first-order valence-electron chi connectivity index (χ1n) is 3.89. The zero-order valence-electron chi connectivity index (χ0n) is 8.31. The lowest BCUT2D eigenvalue weighted by Gasteiger charge is -2.01. The van der Waals surface area contributed by atoms with Crippen LogP contribution >= 0.6 is 23.2 Å². The number of halogens is 2. The molecule has 6 heteroatoms. The monoisotopic (exact) mass is 254 g/mol. The molecule has 0 aliphatic heterocycles. The maximum atomic E-state index is 9.84. The molecule has 1 N–H and O–H groups in total. The number of allylic oxidation sites excluding steroid dienone is 2. The fourth-order valence-electron chi connectivity index (χ4n) is 0.259. The van der Waals surface area contributed by atoms with E-state index in [1.807, 2.05) is 13.8 Å². The molecule has 0 spiro atoms. The van der Waals surface area contributed by atoms with Crippen molar-refractivity contribution in [3.63, 3.8) is 0 Å². The van der Waals surface area contributed by atoms with Gasteiger partial charge < -0.3 is 9.84 Å². The molecule has 0 aliphatic rings. The Labute approximate surface area is 98.1 Å². The first-order valence-corrected chi connectivity index (χ1v) is 4.64. The first-order chi connectivity index (χ1) is 6.97. The third-order valence-electron chi connectivity index (χ3n) is 0.801. The number of hydrogen-bond donors (Lipinski definition) is 1. The molecule has 0 rings (SSSR count). The molecule has 0 atom stereocenters. The van der Waals surface area contributed by atoms with Crippen LogP contribution in [0.3, 0.4) is 0 Å². The van der Waals surface area contributed by atoms with Gasteiger partial charge in [0.1, 0.15) is 22.6 Å². The van der Waals surface area contributed by atoms with Crippen molar-refractivity contribution in [2.75, 3.05) is 0 Å². The van der Waals surface area contributed by atoms with Gasteiger partial charge in [-0.2, -0.15) is 0 Å². The molecule has 0 heterocycles. The van der Waals surface area contributed by atoms with Gasteiger partial charge in [0.05, 0.1) is 6.10 Å². The van der Waals surface area contributed by atoms with Crippen LogP contribution in [0.25, 0.3) is 0 Å². The van der Waals surface area contributed by atoms with Crippen molar-refractivity contribution >= 4 is 35.8 Å². The number of aldehydes is 2. The van der Waals surface area contributed by atoms with Crippen LogP contribution in [0.2, 0.25) is 0 Å². The van der Waals surface area contributed by atoms with Crippen LogP contribution in [-0.2, 0) is 14.3 Å². The molecular formula is C9H12Cl2O4. The largest absolute Gasteiger partial charge is 0.514 e. The number of aliphatic hydroxyl groups excluding tert-OH is 1. The zero-order chi connectivity index (χ0) is 12.3. The first kappa shape index (κ1) is 16.4. The van der Waals surface area contributed by atoms with Gasteiger partial charge in [-0.15, -0.1) is 0 Å². The highest BCUT2D eigenvalue weighted by atomic mass is 35.5. The Morgan fingerprint density at radius 3 is 1.87 bits per heavy atom. The molecule has 0 saturated carbocycles. The molecular weight excluding hydrogens is 243 g/mol.